The van der Waals surface area contributed by atoms with Gasteiger partial charge in [-0.25, -0.2) is 4.98 Å². The summed E-state index contributed by atoms with van der Waals surface area (Å²) in [6.07, 6.45) is 2.77. The molecule has 110 valence electrons. The molecule has 1 saturated carbocycles. The van der Waals surface area contributed by atoms with Crippen LogP contribution in [-0.4, -0.2) is 17.6 Å². The Morgan fingerprint density at radius 2 is 2.19 bits per heavy atom. The molecule has 21 heavy (non-hydrogen) atoms. The Balaban J connectivity index is 1.63. The van der Waals surface area contributed by atoms with Gasteiger partial charge in [0, 0.05) is 35.9 Å². The molecule has 1 aromatic carbocycles. The predicted molar refractivity (Wildman–Crippen MR) is 87.7 cm³/mol. The molecule has 1 atom stereocenters. The summed E-state index contributed by atoms with van der Waals surface area (Å²) in [4.78, 5) is 7.17. The summed E-state index contributed by atoms with van der Waals surface area (Å²) >= 11 is 1.78. The second kappa shape index (κ2) is 5.43. The summed E-state index contributed by atoms with van der Waals surface area (Å²) < 4.78 is 0. The van der Waals surface area contributed by atoms with Gasteiger partial charge < -0.3 is 10.2 Å². The lowest BCUT2D eigenvalue weighted by molar-refractivity contribution is 0.467. The highest BCUT2D eigenvalue weighted by Gasteiger charge is 2.34. The van der Waals surface area contributed by atoms with E-state index in [1.165, 1.54) is 29.1 Å². The molecule has 2 aliphatic rings. The maximum Gasteiger partial charge on any atom is 0.112 e. The maximum atomic E-state index is 4.65. The summed E-state index contributed by atoms with van der Waals surface area (Å²) in [5.74, 6) is 0.875. The number of aromatic nitrogens is 1. The second-order valence-electron chi connectivity index (χ2n) is 6.22. The SMILES string of the molecule is Cc1csc(CN2CC(C3CC3)NCc3ccccc32)n1. The first-order valence-electron chi connectivity index (χ1n) is 7.77. The number of nitrogens with zero attached hydrogens (tertiary/aromatic N) is 2. The zero-order valence-electron chi connectivity index (χ0n) is 12.4. The van der Waals surface area contributed by atoms with Gasteiger partial charge in [0.1, 0.15) is 5.01 Å². The summed E-state index contributed by atoms with van der Waals surface area (Å²) in [7, 11) is 0. The highest BCUT2D eigenvalue weighted by Crippen LogP contribution is 2.36. The molecule has 0 saturated heterocycles. The highest BCUT2D eigenvalue weighted by atomic mass is 32.1. The number of rotatable bonds is 3. The fraction of sp³-hybridized carbons (Fsp3) is 0.471. The van der Waals surface area contributed by atoms with Gasteiger partial charge in [-0.1, -0.05) is 18.2 Å². The van der Waals surface area contributed by atoms with Crippen LogP contribution in [0, 0.1) is 12.8 Å². The average Bonchev–Trinajstić information content (AvgIpc) is 3.27. The number of nitrogens with one attached hydrogen (secondary N) is 1. The molecule has 0 spiro atoms. The van der Waals surface area contributed by atoms with E-state index in [1.54, 1.807) is 11.3 Å². The quantitative estimate of drug-likeness (QED) is 0.942. The zero-order chi connectivity index (χ0) is 14.2. The molecule has 0 bridgehead atoms. The topological polar surface area (TPSA) is 28.2 Å². The van der Waals surface area contributed by atoms with Gasteiger partial charge in [-0.15, -0.1) is 11.3 Å². The van der Waals surface area contributed by atoms with E-state index in [-0.39, 0.29) is 0 Å². The molecule has 4 heteroatoms. The third-order valence-corrected chi connectivity index (χ3v) is 5.44. The Morgan fingerprint density at radius 3 is 2.95 bits per heavy atom. The molecular weight excluding hydrogens is 278 g/mol. The number of hydrogen-bond donors (Lipinski definition) is 1. The van der Waals surface area contributed by atoms with E-state index in [1.807, 2.05) is 0 Å². The molecule has 4 rings (SSSR count). The van der Waals surface area contributed by atoms with Crippen molar-refractivity contribution in [3.63, 3.8) is 0 Å². The first-order chi connectivity index (χ1) is 10.3. The van der Waals surface area contributed by atoms with Crippen LogP contribution in [0.3, 0.4) is 0 Å². The first-order valence-corrected chi connectivity index (χ1v) is 8.65. The summed E-state index contributed by atoms with van der Waals surface area (Å²) in [5, 5.41) is 7.13. The Hall–Kier alpha value is -1.39. The third-order valence-electron chi connectivity index (χ3n) is 4.49. The molecule has 0 radical (unpaired) electrons. The maximum absolute atomic E-state index is 4.65. The van der Waals surface area contributed by atoms with Crippen molar-refractivity contribution in [2.24, 2.45) is 5.92 Å². The van der Waals surface area contributed by atoms with Crippen LogP contribution in [0.4, 0.5) is 5.69 Å². The number of fused-ring (bicyclic) bond motifs is 1. The third kappa shape index (κ3) is 2.83. The van der Waals surface area contributed by atoms with Crippen molar-refractivity contribution in [2.75, 3.05) is 11.4 Å². The van der Waals surface area contributed by atoms with Gasteiger partial charge in [-0.3, -0.25) is 0 Å². The fourth-order valence-electron chi connectivity index (χ4n) is 3.21. The van der Waals surface area contributed by atoms with Crippen molar-refractivity contribution in [3.8, 4) is 0 Å². The smallest absolute Gasteiger partial charge is 0.112 e. The average molecular weight is 299 g/mol. The zero-order valence-corrected chi connectivity index (χ0v) is 13.2. The van der Waals surface area contributed by atoms with E-state index < -0.39 is 0 Å². The van der Waals surface area contributed by atoms with Crippen LogP contribution in [0.5, 0.6) is 0 Å². The molecule has 1 aliphatic heterocycles. The number of para-hydroxylation sites is 1. The van der Waals surface area contributed by atoms with Gasteiger partial charge >= 0.3 is 0 Å². The number of benzene rings is 1. The van der Waals surface area contributed by atoms with Gasteiger partial charge in [-0.05, 0) is 37.3 Å². The summed E-state index contributed by atoms with van der Waals surface area (Å²) in [5.41, 5.74) is 3.92. The minimum atomic E-state index is 0.624. The van der Waals surface area contributed by atoms with Crippen molar-refractivity contribution in [2.45, 2.75) is 38.9 Å². The molecule has 1 unspecified atom stereocenters. The molecule has 1 aromatic heterocycles. The van der Waals surface area contributed by atoms with Crippen LogP contribution in [-0.2, 0) is 13.1 Å². The van der Waals surface area contributed by atoms with Crippen LogP contribution >= 0.6 is 11.3 Å². The lowest BCUT2D eigenvalue weighted by Crippen LogP contribution is -2.39. The number of anilines is 1. The van der Waals surface area contributed by atoms with Crippen molar-refractivity contribution >= 4 is 17.0 Å². The Bertz CT molecular complexity index is 632. The van der Waals surface area contributed by atoms with Crippen LogP contribution in [0.2, 0.25) is 0 Å². The van der Waals surface area contributed by atoms with Gasteiger partial charge in [0.25, 0.3) is 0 Å². The lowest BCUT2D eigenvalue weighted by Gasteiger charge is -2.27. The van der Waals surface area contributed by atoms with Crippen molar-refractivity contribution in [1.29, 1.82) is 0 Å². The standard InChI is InChI=1S/C17H21N3S/c1-12-11-21-17(19-12)10-20-9-15(13-6-7-13)18-8-14-4-2-3-5-16(14)20/h2-5,11,13,15,18H,6-10H2,1H3. The van der Waals surface area contributed by atoms with Crippen LogP contribution in [0.25, 0.3) is 0 Å². The van der Waals surface area contributed by atoms with Crippen molar-refractivity contribution in [3.05, 3.63) is 45.9 Å². The van der Waals surface area contributed by atoms with E-state index in [0.29, 0.717) is 6.04 Å². The first kappa shape index (κ1) is 13.3. The van der Waals surface area contributed by atoms with Crippen molar-refractivity contribution < 1.29 is 0 Å². The molecule has 1 N–H and O–H groups in total. The Labute approximate surface area is 130 Å². The predicted octanol–water partition coefficient (Wildman–Crippen LogP) is 3.34. The van der Waals surface area contributed by atoms with E-state index in [4.69, 9.17) is 0 Å². The van der Waals surface area contributed by atoms with Crippen LogP contribution in [0.15, 0.2) is 29.6 Å². The van der Waals surface area contributed by atoms with Crippen LogP contribution < -0.4 is 10.2 Å². The van der Waals surface area contributed by atoms with Crippen molar-refractivity contribution in [1.82, 2.24) is 10.3 Å². The van der Waals surface area contributed by atoms with Gasteiger partial charge in [0.15, 0.2) is 0 Å². The fourth-order valence-corrected chi connectivity index (χ4v) is 4.00. The monoisotopic (exact) mass is 299 g/mol. The van der Waals surface area contributed by atoms with Gasteiger partial charge in [-0.2, -0.15) is 0 Å². The molecule has 1 fully saturated rings. The lowest BCUT2D eigenvalue weighted by atomic mass is 10.1. The van der Waals surface area contributed by atoms with Gasteiger partial charge in [0.2, 0.25) is 0 Å². The normalized spacial score (nSPS) is 22.0. The number of hydrogen-bond acceptors (Lipinski definition) is 4. The molecule has 2 heterocycles. The van der Waals surface area contributed by atoms with E-state index >= 15 is 0 Å². The minimum absolute atomic E-state index is 0.624. The Kier molecular flexibility index (Phi) is 3.43. The molecule has 2 aromatic rings. The largest absolute Gasteiger partial charge is 0.363 e. The molecule has 0 amide bonds. The molecule has 1 aliphatic carbocycles. The summed E-state index contributed by atoms with van der Waals surface area (Å²) in [6.45, 7) is 5.09. The van der Waals surface area contributed by atoms with E-state index in [2.05, 4.69) is 51.8 Å². The van der Waals surface area contributed by atoms with Gasteiger partial charge in [0.05, 0.1) is 6.54 Å². The van der Waals surface area contributed by atoms with Crippen LogP contribution in [0.1, 0.15) is 29.1 Å². The molecule has 3 nitrogen and oxygen atoms in total. The number of thiazole rings is 1. The second-order valence-corrected chi connectivity index (χ2v) is 7.16. The van der Waals surface area contributed by atoms with E-state index in [0.717, 1.165) is 31.2 Å². The van der Waals surface area contributed by atoms with E-state index in [9.17, 15) is 0 Å². The highest BCUT2D eigenvalue weighted by molar-refractivity contribution is 7.09. The number of aryl methyl sites for hydroxylation is 1. The summed E-state index contributed by atoms with van der Waals surface area (Å²) in [6, 6.07) is 9.42. The Morgan fingerprint density at radius 1 is 1.33 bits per heavy atom. The minimum Gasteiger partial charge on any atom is -0.363 e. The molecular formula is C17H21N3S.